The van der Waals surface area contributed by atoms with E-state index in [1.165, 1.54) is 44.1 Å². The largest absolute Gasteiger partial charge is 0.342 e. The van der Waals surface area contributed by atoms with Gasteiger partial charge in [0.25, 0.3) is 0 Å². The van der Waals surface area contributed by atoms with Crippen molar-refractivity contribution in [2.75, 3.05) is 26.2 Å². The second-order valence-electron chi connectivity index (χ2n) is 8.16. The van der Waals surface area contributed by atoms with Gasteiger partial charge in [0, 0.05) is 19.0 Å². The van der Waals surface area contributed by atoms with Crippen LogP contribution in [0.2, 0.25) is 0 Å². The van der Waals surface area contributed by atoms with Gasteiger partial charge in [0.2, 0.25) is 5.91 Å². The average Bonchev–Trinajstić information content (AvgIpc) is 3.34. The van der Waals surface area contributed by atoms with E-state index in [2.05, 4.69) is 40.5 Å². The van der Waals surface area contributed by atoms with Crippen LogP contribution in [-0.4, -0.2) is 37.0 Å². The summed E-state index contributed by atoms with van der Waals surface area (Å²) in [5.41, 5.74) is 1.83. The molecule has 2 heterocycles. The lowest BCUT2D eigenvalue weighted by atomic mass is 9.89. The third kappa shape index (κ3) is 4.20. The number of halogens is 1. The predicted octanol–water partition coefficient (Wildman–Crippen LogP) is 3.67. The fourth-order valence-electron chi connectivity index (χ4n) is 4.85. The van der Waals surface area contributed by atoms with E-state index in [9.17, 15) is 4.79 Å². The first kappa shape index (κ1) is 18.7. The summed E-state index contributed by atoms with van der Waals surface area (Å²) in [5.74, 6) is 1.61. The number of hydrogen-bond acceptors (Lipinski definition) is 2. The van der Waals surface area contributed by atoms with Gasteiger partial charge in [-0.05, 0) is 74.9 Å². The second kappa shape index (κ2) is 8.09. The molecule has 1 amide bonds. The Balaban J connectivity index is 0.00000182. The molecule has 1 aromatic carbocycles. The summed E-state index contributed by atoms with van der Waals surface area (Å²) in [5, 5.41) is 3.43. The van der Waals surface area contributed by atoms with Crippen LogP contribution in [0.15, 0.2) is 30.3 Å². The molecule has 1 unspecified atom stereocenters. The van der Waals surface area contributed by atoms with Crippen LogP contribution in [0.4, 0.5) is 0 Å². The maximum absolute atomic E-state index is 12.8. The van der Waals surface area contributed by atoms with Crippen LogP contribution in [0.1, 0.15) is 44.1 Å². The quantitative estimate of drug-likeness (QED) is 0.886. The Morgan fingerprint density at radius 3 is 2.48 bits per heavy atom. The summed E-state index contributed by atoms with van der Waals surface area (Å²) in [6.45, 7) is 4.18. The van der Waals surface area contributed by atoms with Crippen molar-refractivity contribution in [3.8, 4) is 0 Å². The van der Waals surface area contributed by atoms with Gasteiger partial charge in [-0.3, -0.25) is 4.79 Å². The van der Waals surface area contributed by atoms with Crippen LogP contribution in [-0.2, 0) is 11.2 Å². The molecule has 1 aliphatic carbocycles. The number of carbonyl (C=O) groups is 1. The lowest BCUT2D eigenvalue weighted by molar-refractivity contribution is -0.135. The molecule has 0 aromatic heterocycles. The summed E-state index contributed by atoms with van der Waals surface area (Å²) in [4.78, 5) is 15.0. The number of hydrogen-bond donors (Lipinski definition) is 1. The summed E-state index contributed by atoms with van der Waals surface area (Å²) in [6, 6.07) is 10.8. The van der Waals surface area contributed by atoms with Gasteiger partial charge in [0.05, 0.1) is 0 Å². The van der Waals surface area contributed by atoms with E-state index in [4.69, 9.17) is 0 Å². The van der Waals surface area contributed by atoms with Gasteiger partial charge in [0.15, 0.2) is 0 Å². The van der Waals surface area contributed by atoms with Crippen molar-refractivity contribution < 1.29 is 4.79 Å². The highest BCUT2D eigenvalue weighted by molar-refractivity contribution is 5.85. The number of benzene rings is 1. The smallest absolute Gasteiger partial charge is 0.226 e. The van der Waals surface area contributed by atoms with E-state index in [0.29, 0.717) is 17.2 Å². The Morgan fingerprint density at radius 2 is 1.80 bits per heavy atom. The number of aryl methyl sites for hydroxylation is 1. The fraction of sp³-hybridized carbons (Fsp3) is 0.667. The molecular formula is C21H31ClN2O. The molecule has 1 saturated carbocycles. The average molecular weight is 363 g/mol. The van der Waals surface area contributed by atoms with Gasteiger partial charge < -0.3 is 10.2 Å². The van der Waals surface area contributed by atoms with E-state index in [0.717, 1.165) is 38.5 Å². The standard InChI is InChI=1S/C21H30N2O.ClH/c24-20(19-16-21(19)10-12-22-13-11-21)23-14-8-18(9-15-23)7-6-17-4-2-1-3-5-17;/h1-5,18-19,22H,6-16H2;1H. The molecule has 138 valence electrons. The summed E-state index contributed by atoms with van der Waals surface area (Å²) in [6.07, 6.45) is 8.40. The van der Waals surface area contributed by atoms with Crippen LogP contribution in [0.3, 0.4) is 0 Å². The normalized spacial score (nSPS) is 25.4. The molecule has 1 N–H and O–H groups in total. The highest BCUT2D eigenvalue weighted by Gasteiger charge is 2.58. The van der Waals surface area contributed by atoms with Gasteiger partial charge in [-0.1, -0.05) is 30.3 Å². The fourth-order valence-corrected chi connectivity index (χ4v) is 4.85. The van der Waals surface area contributed by atoms with Crippen LogP contribution >= 0.6 is 12.4 Å². The topological polar surface area (TPSA) is 32.3 Å². The van der Waals surface area contributed by atoms with Crippen LogP contribution in [0.25, 0.3) is 0 Å². The molecular weight excluding hydrogens is 332 g/mol. The molecule has 4 rings (SSSR count). The Labute approximate surface area is 158 Å². The summed E-state index contributed by atoms with van der Waals surface area (Å²) < 4.78 is 0. The molecule has 2 aliphatic heterocycles. The van der Waals surface area contributed by atoms with E-state index in [1.807, 2.05) is 0 Å². The first-order valence-corrected chi connectivity index (χ1v) is 9.80. The minimum Gasteiger partial charge on any atom is -0.342 e. The molecule has 1 atom stereocenters. The number of piperidine rings is 2. The van der Waals surface area contributed by atoms with E-state index >= 15 is 0 Å². The van der Waals surface area contributed by atoms with Crippen molar-refractivity contribution >= 4 is 18.3 Å². The number of rotatable bonds is 4. The lowest BCUT2D eigenvalue weighted by Gasteiger charge is -2.33. The van der Waals surface area contributed by atoms with Gasteiger partial charge in [-0.25, -0.2) is 0 Å². The van der Waals surface area contributed by atoms with Crippen LogP contribution < -0.4 is 5.32 Å². The Morgan fingerprint density at radius 1 is 1.12 bits per heavy atom. The van der Waals surface area contributed by atoms with Crippen LogP contribution in [0.5, 0.6) is 0 Å². The van der Waals surface area contributed by atoms with Gasteiger partial charge >= 0.3 is 0 Å². The SMILES string of the molecule is Cl.O=C(C1CC12CCNCC2)N1CCC(CCc2ccccc2)CC1. The van der Waals surface area contributed by atoms with Crippen molar-refractivity contribution in [1.82, 2.24) is 10.2 Å². The van der Waals surface area contributed by atoms with Gasteiger partial charge in [0.1, 0.15) is 0 Å². The van der Waals surface area contributed by atoms with Gasteiger partial charge in [-0.2, -0.15) is 0 Å². The lowest BCUT2D eigenvalue weighted by Crippen LogP contribution is -2.41. The first-order valence-electron chi connectivity index (χ1n) is 9.80. The maximum Gasteiger partial charge on any atom is 0.226 e. The Bertz CT molecular complexity index is 563. The molecule has 1 spiro atoms. The maximum atomic E-state index is 12.8. The van der Waals surface area contributed by atoms with E-state index < -0.39 is 0 Å². The Hall–Kier alpha value is -1.06. The molecule has 3 nitrogen and oxygen atoms in total. The zero-order chi connectivity index (χ0) is 16.4. The summed E-state index contributed by atoms with van der Waals surface area (Å²) >= 11 is 0. The van der Waals surface area contributed by atoms with E-state index in [1.54, 1.807) is 0 Å². The number of carbonyl (C=O) groups excluding carboxylic acids is 1. The third-order valence-corrected chi connectivity index (χ3v) is 6.70. The highest BCUT2D eigenvalue weighted by Crippen LogP contribution is 2.59. The zero-order valence-electron chi connectivity index (χ0n) is 15.1. The highest BCUT2D eigenvalue weighted by atomic mass is 35.5. The van der Waals surface area contributed by atoms with E-state index in [-0.39, 0.29) is 12.4 Å². The first-order chi connectivity index (χ1) is 11.8. The van der Waals surface area contributed by atoms with Crippen LogP contribution in [0, 0.1) is 17.3 Å². The number of nitrogens with one attached hydrogen (secondary N) is 1. The molecule has 1 aromatic rings. The zero-order valence-corrected chi connectivity index (χ0v) is 15.9. The van der Waals surface area contributed by atoms with Gasteiger partial charge in [-0.15, -0.1) is 12.4 Å². The number of nitrogens with zero attached hydrogens (tertiary/aromatic N) is 1. The predicted molar refractivity (Wildman–Crippen MR) is 104 cm³/mol. The van der Waals surface area contributed by atoms with Crippen molar-refractivity contribution in [3.63, 3.8) is 0 Å². The molecule has 0 bridgehead atoms. The van der Waals surface area contributed by atoms with Crippen molar-refractivity contribution in [2.45, 2.75) is 44.9 Å². The number of likely N-dealkylation sites (tertiary alicyclic amines) is 1. The monoisotopic (exact) mass is 362 g/mol. The Kier molecular flexibility index (Phi) is 6.06. The second-order valence-corrected chi connectivity index (χ2v) is 8.16. The minimum atomic E-state index is 0. The van der Waals surface area contributed by atoms with Crippen molar-refractivity contribution in [3.05, 3.63) is 35.9 Å². The molecule has 25 heavy (non-hydrogen) atoms. The molecule has 3 fully saturated rings. The van der Waals surface area contributed by atoms with Crippen molar-refractivity contribution in [2.24, 2.45) is 17.3 Å². The summed E-state index contributed by atoms with van der Waals surface area (Å²) in [7, 11) is 0. The molecule has 3 aliphatic rings. The third-order valence-electron chi connectivity index (χ3n) is 6.70. The number of amides is 1. The molecule has 0 radical (unpaired) electrons. The molecule has 4 heteroatoms. The minimum absolute atomic E-state index is 0. The molecule has 2 saturated heterocycles. The van der Waals surface area contributed by atoms with Crippen molar-refractivity contribution in [1.29, 1.82) is 0 Å².